The summed E-state index contributed by atoms with van der Waals surface area (Å²) in [5.74, 6) is -0.146. The molecular weight excluding hydrogens is 323 g/mol. The van der Waals surface area contributed by atoms with E-state index in [4.69, 9.17) is 9.78 Å². The fourth-order valence-corrected chi connectivity index (χ4v) is 3.05. The van der Waals surface area contributed by atoms with Gasteiger partial charge in [0.15, 0.2) is 5.82 Å². The Labute approximate surface area is 145 Å². The van der Waals surface area contributed by atoms with E-state index in [1.807, 2.05) is 17.9 Å². The first-order valence-electron chi connectivity index (χ1n) is 8.31. The van der Waals surface area contributed by atoms with Crippen LogP contribution >= 0.6 is 0 Å². The van der Waals surface area contributed by atoms with Gasteiger partial charge in [-0.25, -0.2) is 4.39 Å². The van der Waals surface area contributed by atoms with Gasteiger partial charge in [-0.2, -0.15) is 5.26 Å². The molecule has 1 N–H and O–H groups in total. The molecular formula is C18H19FN4O2. The number of nitriles is 1. The van der Waals surface area contributed by atoms with Gasteiger partial charge in [-0.15, -0.1) is 0 Å². The van der Waals surface area contributed by atoms with Gasteiger partial charge in [-0.1, -0.05) is 12.1 Å². The second-order valence-corrected chi connectivity index (χ2v) is 6.07. The van der Waals surface area contributed by atoms with Crippen molar-refractivity contribution < 1.29 is 13.7 Å². The number of hydrogen-bond acceptors (Lipinski definition) is 5. The second-order valence-electron chi connectivity index (χ2n) is 6.07. The van der Waals surface area contributed by atoms with Gasteiger partial charge in [-0.05, 0) is 37.5 Å². The molecule has 1 aromatic heterocycles. The third-order valence-corrected chi connectivity index (χ3v) is 4.55. The lowest BCUT2D eigenvalue weighted by molar-refractivity contribution is -0.120. The molecule has 0 bridgehead atoms. The van der Waals surface area contributed by atoms with Crippen LogP contribution in [0.5, 0.6) is 0 Å². The number of anilines is 2. The summed E-state index contributed by atoms with van der Waals surface area (Å²) in [6, 6.07) is 6.39. The van der Waals surface area contributed by atoms with Crippen LogP contribution in [-0.4, -0.2) is 24.2 Å². The molecule has 1 aromatic carbocycles. The van der Waals surface area contributed by atoms with Gasteiger partial charge in [0.2, 0.25) is 5.91 Å². The van der Waals surface area contributed by atoms with Gasteiger partial charge in [0.05, 0.1) is 17.3 Å². The molecule has 1 saturated heterocycles. The van der Waals surface area contributed by atoms with Gasteiger partial charge in [0, 0.05) is 24.6 Å². The highest BCUT2D eigenvalue weighted by atomic mass is 19.1. The largest absolute Gasteiger partial charge is 0.369 e. The molecule has 0 aliphatic carbocycles. The quantitative estimate of drug-likeness (QED) is 0.923. The van der Waals surface area contributed by atoms with Crippen LogP contribution in [0.4, 0.5) is 15.9 Å². The number of nitrogens with one attached hydrogen (secondary N) is 1. The van der Waals surface area contributed by atoms with E-state index in [1.54, 1.807) is 12.1 Å². The Morgan fingerprint density at radius 1 is 1.48 bits per heavy atom. The molecule has 1 aliphatic heterocycles. The van der Waals surface area contributed by atoms with Crippen molar-refractivity contribution in [3.05, 3.63) is 41.4 Å². The van der Waals surface area contributed by atoms with Crippen LogP contribution in [0.3, 0.4) is 0 Å². The van der Waals surface area contributed by atoms with Crippen LogP contribution in [0.1, 0.15) is 30.9 Å². The normalized spacial score (nSPS) is 15.0. The number of carbonyl (C=O) groups excluding carboxylic acids is 1. The van der Waals surface area contributed by atoms with Gasteiger partial charge < -0.3 is 14.7 Å². The second kappa shape index (κ2) is 7.34. The number of benzene rings is 1. The van der Waals surface area contributed by atoms with E-state index in [2.05, 4.69) is 10.5 Å². The van der Waals surface area contributed by atoms with Crippen LogP contribution < -0.4 is 10.2 Å². The minimum absolute atomic E-state index is 0.0800. The van der Waals surface area contributed by atoms with E-state index in [0.29, 0.717) is 43.0 Å². The Morgan fingerprint density at radius 3 is 2.88 bits per heavy atom. The summed E-state index contributed by atoms with van der Waals surface area (Å²) >= 11 is 0. The summed E-state index contributed by atoms with van der Waals surface area (Å²) in [4.78, 5) is 14.3. The highest BCUT2D eigenvalue weighted by Gasteiger charge is 2.27. The van der Waals surface area contributed by atoms with Crippen LogP contribution in [0.25, 0.3) is 0 Å². The Bertz CT molecular complexity index is 804. The van der Waals surface area contributed by atoms with Crippen LogP contribution in [0, 0.1) is 23.1 Å². The van der Waals surface area contributed by atoms with Gasteiger partial charge in [-0.3, -0.25) is 4.79 Å². The summed E-state index contributed by atoms with van der Waals surface area (Å²) in [5, 5.41) is 15.5. The Morgan fingerprint density at radius 2 is 2.24 bits per heavy atom. The average molecular weight is 342 g/mol. The minimum atomic E-state index is -0.405. The predicted octanol–water partition coefficient (Wildman–Crippen LogP) is 3.10. The third-order valence-electron chi connectivity index (χ3n) is 4.55. The topological polar surface area (TPSA) is 82.2 Å². The van der Waals surface area contributed by atoms with E-state index in [0.717, 1.165) is 12.0 Å². The summed E-state index contributed by atoms with van der Waals surface area (Å²) in [6.07, 6.45) is 3.52. The SMILES string of the molecule is CCc1conc1NC(=O)C1CCN(c2ccc(C#N)cc2F)CC1. The van der Waals surface area contributed by atoms with Gasteiger partial charge in [0.1, 0.15) is 12.1 Å². The fraction of sp³-hybridized carbons (Fsp3) is 0.389. The van der Waals surface area contributed by atoms with Crippen molar-refractivity contribution in [3.63, 3.8) is 0 Å². The molecule has 2 aromatic rings. The minimum Gasteiger partial charge on any atom is -0.369 e. The van der Waals surface area contributed by atoms with E-state index in [1.165, 1.54) is 12.3 Å². The number of amides is 1. The number of rotatable bonds is 4. The van der Waals surface area contributed by atoms with E-state index in [-0.39, 0.29) is 11.8 Å². The van der Waals surface area contributed by atoms with Crippen molar-refractivity contribution in [1.29, 1.82) is 5.26 Å². The number of aryl methyl sites for hydroxylation is 1. The van der Waals surface area contributed by atoms with Crippen molar-refractivity contribution >= 4 is 17.4 Å². The standard InChI is InChI=1S/C18H19FN4O2/c1-2-13-11-25-22-17(13)21-18(24)14-5-7-23(8-6-14)16-4-3-12(10-20)9-15(16)19/h3-4,9,11,14H,2,5-8H2,1H3,(H,21,22,24). The van der Waals surface area contributed by atoms with Gasteiger partial charge >= 0.3 is 0 Å². The summed E-state index contributed by atoms with van der Waals surface area (Å²) < 4.78 is 19.0. The first-order valence-corrected chi connectivity index (χ1v) is 8.31. The fourth-order valence-electron chi connectivity index (χ4n) is 3.05. The van der Waals surface area contributed by atoms with Crippen molar-refractivity contribution in [2.45, 2.75) is 26.2 Å². The molecule has 1 amide bonds. The third kappa shape index (κ3) is 3.63. The maximum atomic E-state index is 14.1. The number of halogens is 1. The first kappa shape index (κ1) is 17.0. The van der Waals surface area contributed by atoms with Crippen LogP contribution in [0.15, 0.2) is 29.0 Å². The molecule has 0 radical (unpaired) electrons. The predicted molar refractivity (Wildman–Crippen MR) is 90.6 cm³/mol. The molecule has 1 aliphatic rings. The molecule has 0 spiro atoms. The number of aromatic nitrogens is 1. The number of piperidine rings is 1. The zero-order chi connectivity index (χ0) is 17.8. The molecule has 0 unspecified atom stereocenters. The maximum absolute atomic E-state index is 14.1. The summed E-state index contributed by atoms with van der Waals surface area (Å²) in [6.45, 7) is 3.13. The molecule has 7 heteroatoms. The van der Waals surface area contributed by atoms with Crippen molar-refractivity contribution in [2.75, 3.05) is 23.3 Å². The Kier molecular flexibility index (Phi) is 4.98. The molecule has 25 heavy (non-hydrogen) atoms. The lowest BCUT2D eigenvalue weighted by atomic mass is 9.95. The van der Waals surface area contributed by atoms with Crippen LogP contribution in [0.2, 0.25) is 0 Å². The molecule has 6 nitrogen and oxygen atoms in total. The zero-order valence-electron chi connectivity index (χ0n) is 14.0. The highest BCUT2D eigenvalue weighted by molar-refractivity contribution is 5.92. The maximum Gasteiger partial charge on any atom is 0.228 e. The number of carbonyl (C=O) groups is 1. The van der Waals surface area contributed by atoms with Crippen LogP contribution in [-0.2, 0) is 11.2 Å². The molecule has 3 rings (SSSR count). The monoisotopic (exact) mass is 342 g/mol. The molecule has 0 atom stereocenters. The number of hydrogen-bond donors (Lipinski definition) is 1. The molecule has 2 heterocycles. The Hall–Kier alpha value is -2.88. The van der Waals surface area contributed by atoms with Crippen molar-refractivity contribution in [2.24, 2.45) is 5.92 Å². The number of nitrogens with zero attached hydrogens (tertiary/aromatic N) is 3. The van der Waals surface area contributed by atoms with Gasteiger partial charge in [0.25, 0.3) is 0 Å². The molecule has 0 saturated carbocycles. The average Bonchev–Trinajstić information content (AvgIpc) is 3.08. The summed E-state index contributed by atoms with van der Waals surface area (Å²) in [7, 11) is 0. The highest BCUT2D eigenvalue weighted by Crippen LogP contribution is 2.27. The van der Waals surface area contributed by atoms with Crippen molar-refractivity contribution in [1.82, 2.24) is 5.16 Å². The molecule has 130 valence electrons. The first-order chi connectivity index (χ1) is 12.1. The van der Waals surface area contributed by atoms with E-state index in [9.17, 15) is 9.18 Å². The summed E-state index contributed by atoms with van der Waals surface area (Å²) in [5.41, 5.74) is 1.64. The zero-order valence-corrected chi connectivity index (χ0v) is 14.0. The van der Waals surface area contributed by atoms with E-state index < -0.39 is 5.82 Å². The Balaban J connectivity index is 1.60. The van der Waals surface area contributed by atoms with E-state index >= 15 is 0 Å². The molecule has 1 fully saturated rings. The lowest BCUT2D eigenvalue weighted by Crippen LogP contribution is -2.38. The lowest BCUT2D eigenvalue weighted by Gasteiger charge is -2.33. The van der Waals surface area contributed by atoms with Crippen molar-refractivity contribution in [3.8, 4) is 6.07 Å². The smallest absolute Gasteiger partial charge is 0.228 e.